The van der Waals surface area contributed by atoms with Gasteiger partial charge in [-0.25, -0.2) is 4.98 Å². The van der Waals surface area contributed by atoms with Gasteiger partial charge < -0.3 is 19.5 Å². The van der Waals surface area contributed by atoms with Crippen molar-refractivity contribution < 1.29 is 32.2 Å². The highest BCUT2D eigenvalue weighted by Gasteiger charge is 2.30. The number of hydrogen-bond acceptors (Lipinski definition) is 7. The van der Waals surface area contributed by atoms with Gasteiger partial charge in [0, 0.05) is 25.0 Å². The van der Waals surface area contributed by atoms with Crippen LogP contribution in [0, 0.1) is 0 Å². The fourth-order valence-electron chi connectivity index (χ4n) is 4.26. The molecule has 0 bridgehead atoms. The Morgan fingerprint density at radius 1 is 0.975 bits per heavy atom. The lowest BCUT2D eigenvalue weighted by molar-refractivity contribution is -0.137. The normalized spacial score (nSPS) is 12.5. The Balaban J connectivity index is 1.26. The van der Waals surface area contributed by atoms with Crippen LogP contribution in [0.4, 0.5) is 13.2 Å². The number of nitrogens with zero attached hydrogens (tertiary/aromatic N) is 2. The van der Waals surface area contributed by atoms with E-state index in [1.165, 1.54) is 23.5 Å². The lowest BCUT2D eigenvalue weighted by Gasteiger charge is -2.22. The second kappa shape index (κ2) is 12.0. The maximum absolute atomic E-state index is 13.0. The summed E-state index contributed by atoms with van der Waals surface area (Å²) in [5.41, 5.74) is 1.94. The van der Waals surface area contributed by atoms with Gasteiger partial charge >= 0.3 is 6.18 Å². The number of fused-ring (bicyclic) bond motifs is 1. The number of benzene rings is 3. The van der Waals surface area contributed by atoms with Gasteiger partial charge in [-0.2, -0.15) is 13.2 Å². The van der Waals surface area contributed by atoms with E-state index in [2.05, 4.69) is 15.2 Å². The van der Waals surface area contributed by atoms with Crippen LogP contribution in [-0.4, -0.2) is 29.7 Å². The predicted octanol–water partition coefficient (Wildman–Crippen LogP) is 6.03. The van der Waals surface area contributed by atoms with E-state index in [9.17, 15) is 18.0 Å². The zero-order chi connectivity index (χ0) is 28.1. The first kappa shape index (κ1) is 27.5. The quantitative estimate of drug-likeness (QED) is 0.251. The average molecular weight is 570 g/mol. The Bertz CT molecular complexity index is 1470. The Morgan fingerprint density at radius 2 is 1.73 bits per heavy atom. The topological polar surface area (TPSA) is 72.9 Å². The molecule has 7 nitrogen and oxygen atoms in total. The lowest BCUT2D eigenvalue weighted by atomic mass is 10.1. The van der Waals surface area contributed by atoms with Crippen LogP contribution in [0.1, 0.15) is 37.7 Å². The van der Waals surface area contributed by atoms with Crippen molar-refractivity contribution in [2.45, 2.75) is 32.4 Å². The molecule has 1 aromatic heterocycles. The summed E-state index contributed by atoms with van der Waals surface area (Å²) in [7, 11) is 1.62. The summed E-state index contributed by atoms with van der Waals surface area (Å²) < 4.78 is 55.2. The molecular weight excluding hydrogens is 543 g/mol. The van der Waals surface area contributed by atoms with Crippen molar-refractivity contribution in [1.29, 1.82) is 0 Å². The van der Waals surface area contributed by atoms with E-state index >= 15 is 0 Å². The molecule has 1 amide bonds. The summed E-state index contributed by atoms with van der Waals surface area (Å²) >= 11 is 1.35. The molecule has 0 spiro atoms. The molecule has 3 aromatic carbocycles. The number of rotatable bonds is 10. The molecule has 1 aliphatic heterocycles. The average Bonchev–Trinajstić information content (AvgIpc) is 3.61. The first-order chi connectivity index (χ1) is 19.3. The fourth-order valence-corrected chi connectivity index (χ4v) is 5.08. The highest BCUT2D eigenvalue weighted by molar-refractivity contribution is 7.09. The first-order valence-corrected chi connectivity index (χ1v) is 13.3. The number of methoxy groups -OCH3 is 1. The summed E-state index contributed by atoms with van der Waals surface area (Å²) in [6.07, 6.45) is -4.44. The Kier molecular flexibility index (Phi) is 8.22. The Hall–Kier alpha value is -4.09. The number of carbonyl (C=O) groups is 1. The third kappa shape index (κ3) is 6.91. The van der Waals surface area contributed by atoms with Crippen LogP contribution in [0.5, 0.6) is 17.2 Å². The molecule has 208 valence electrons. The monoisotopic (exact) mass is 569 g/mol. The number of hydrogen-bond donors (Lipinski definition) is 1. The van der Waals surface area contributed by atoms with Crippen molar-refractivity contribution in [3.8, 4) is 17.2 Å². The molecule has 2 heterocycles. The van der Waals surface area contributed by atoms with Crippen molar-refractivity contribution in [3.05, 3.63) is 105 Å². The zero-order valence-electron chi connectivity index (χ0n) is 21.5. The van der Waals surface area contributed by atoms with Crippen LogP contribution in [0.2, 0.25) is 0 Å². The van der Waals surface area contributed by atoms with E-state index in [1.54, 1.807) is 12.5 Å². The molecule has 11 heteroatoms. The van der Waals surface area contributed by atoms with Crippen LogP contribution < -0.4 is 19.5 Å². The third-order valence-corrected chi connectivity index (χ3v) is 7.09. The summed E-state index contributed by atoms with van der Waals surface area (Å²) in [4.78, 5) is 19.4. The second-order valence-electron chi connectivity index (χ2n) is 9.19. The molecule has 0 saturated carbocycles. The van der Waals surface area contributed by atoms with E-state index in [0.717, 1.165) is 34.0 Å². The zero-order valence-corrected chi connectivity index (χ0v) is 22.3. The molecule has 0 aliphatic carbocycles. The van der Waals surface area contributed by atoms with Crippen LogP contribution >= 0.6 is 11.3 Å². The molecule has 5 rings (SSSR count). The minimum Gasteiger partial charge on any atom is -0.497 e. The SMILES string of the molecule is COc1ccc(CN(Cc2ccc3c(c2)OCO3)Cc2nc(C(=O)NCc3cccc(C(F)(F)F)c3)cs2)cc1. The molecule has 0 unspecified atom stereocenters. The maximum atomic E-state index is 13.0. The van der Waals surface area contributed by atoms with Gasteiger partial charge in [-0.1, -0.05) is 30.3 Å². The minimum atomic E-state index is -4.44. The van der Waals surface area contributed by atoms with E-state index < -0.39 is 17.6 Å². The van der Waals surface area contributed by atoms with Gasteiger partial charge in [0.1, 0.15) is 16.5 Å². The number of carbonyl (C=O) groups excluding carboxylic acids is 1. The largest absolute Gasteiger partial charge is 0.497 e. The molecular formula is C29H26F3N3O4S. The molecule has 1 N–H and O–H groups in total. The fraction of sp³-hybridized carbons (Fsp3) is 0.241. The second-order valence-corrected chi connectivity index (χ2v) is 10.1. The molecule has 0 saturated heterocycles. The molecule has 0 atom stereocenters. The van der Waals surface area contributed by atoms with Crippen molar-refractivity contribution in [1.82, 2.24) is 15.2 Å². The van der Waals surface area contributed by atoms with Crippen molar-refractivity contribution in [2.24, 2.45) is 0 Å². The van der Waals surface area contributed by atoms with Gasteiger partial charge in [-0.3, -0.25) is 9.69 Å². The number of aromatic nitrogens is 1. The van der Waals surface area contributed by atoms with Gasteiger partial charge in [-0.15, -0.1) is 11.3 Å². The number of amides is 1. The minimum absolute atomic E-state index is 0.0384. The van der Waals surface area contributed by atoms with E-state index in [1.807, 2.05) is 42.5 Å². The van der Waals surface area contributed by atoms with Crippen LogP contribution in [0.25, 0.3) is 0 Å². The Labute approximate surface area is 233 Å². The van der Waals surface area contributed by atoms with Gasteiger partial charge in [-0.05, 0) is 53.1 Å². The van der Waals surface area contributed by atoms with Crippen LogP contribution in [-0.2, 0) is 32.4 Å². The number of alkyl halides is 3. The summed E-state index contributed by atoms with van der Waals surface area (Å²) in [5, 5.41) is 5.05. The number of ether oxygens (including phenoxy) is 3. The molecule has 1 aliphatic rings. The molecule has 0 fully saturated rings. The van der Waals surface area contributed by atoms with Gasteiger partial charge in [0.2, 0.25) is 6.79 Å². The molecule has 40 heavy (non-hydrogen) atoms. The van der Waals surface area contributed by atoms with Gasteiger partial charge in [0.25, 0.3) is 5.91 Å². The molecule has 0 radical (unpaired) electrons. The number of halogens is 3. The van der Waals surface area contributed by atoms with Gasteiger partial charge in [0.15, 0.2) is 11.5 Å². The number of thiazole rings is 1. The predicted molar refractivity (Wildman–Crippen MR) is 143 cm³/mol. The Morgan fingerprint density at radius 3 is 2.50 bits per heavy atom. The van der Waals surface area contributed by atoms with E-state index in [-0.39, 0.29) is 19.0 Å². The van der Waals surface area contributed by atoms with Crippen molar-refractivity contribution >= 4 is 17.2 Å². The van der Waals surface area contributed by atoms with Crippen molar-refractivity contribution in [3.63, 3.8) is 0 Å². The van der Waals surface area contributed by atoms with Crippen LogP contribution in [0.3, 0.4) is 0 Å². The molecule has 4 aromatic rings. The van der Waals surface area contributed by atoms with Crippen molar-refractivity contribution in [2.75, 3.05) is 13.9 Å². The van der Waals surface area contributed by atoms with E-state index in [4.69, 9.17) is 14.2 Å². The lowest BCUT2D eigenvalue weighted by Crippen LogP contribution is -2.24. The maximum Gasteiger partial charge on any atom is 0.416 e. The highest BCUT2D eigenvalue weighted by Crippen LogP contribution is 2.33. The standard InChI is InChI=1S/C29H26F3N3O4S/c1-37-23-8-5-19(6-9-23)14-35(15-21-7-10-25-26(12-21)39-18-38-25)16-27-34-24(17-40-27)28(36)33-13-20-3-2-4-22(11-20)29(30,31)32/h2-12,17H,13-16,18H2,1H3,(H,33,36). The summed E-state index contributed by atoms with van der Waals surface area (Å²) in [6, 6.07) is 18.5. The summed E-state index contributed by atoms with van der Waals surface area (Å²) in [6.45, 7) is 1.86. The van der Waals surface area contributed by atoms with E-state index in [0.29, 0.717) is 36.7 Å². The number of nitrogens with one attached hydrogen (secondary N) is 1. The van der Waals surface area contributed by atoms with Crippen LogP contribution in [0.15, 0.2) is 72.1 Å². The smallest absolute Gasteiger partial charge is 0.416 e. The summed E-state index contributed by atoms with van der Waals surface area (Å²) in [5.74, 6) is 1.74. The highest BCUT2D eigenvalue weighted by atomic mass is 32.1. The first-order valence-electron chi connectivity index (χ1n) is 12.4. The third-order valence-electron chi connectivity index (χ3n) is 6.26. The van der Waals surface area contributed by atoms with Gasteiger partial charge in [0.05, 0.1) is 19.2 Å².